The molecule has 0 radical (unpaired) electrons. The molecule has 0 aromatic heterocycles. The summed E-state index contributed by atoms with van der Waals surface area (Å²) in [6.45, 7) is 3.36. The monoisotopic (exact) mass is 411 g/mol. The minimum atomic E-state index is -0.858. The Morgan fingerprint density at radius 1 is 1.00 bits per heavy atom. The van der Waals surface area contributed by atoms with Gasteiger partial charge in [-0.05, 0) is 43.7 Å². The van der Waals surface area contributed by atoms with Crippen molar-refractivity contribution in [3.63, 3.8) is 0 Å². The molecule has 7 heteroatoms. The van der Waals surface area contributed by atoms with E-state index in [0.717, 1.165) is 0 Å². The smallest absolute Gasteiger partial charge is 0.336 e. The van der Waals surface area contributed by atoms with Crippen LogP contribution in [0.25, 0.3) is 0 Å². The molecule has 30 heavy (non-hydrogen) atoms. The zero-order chi connectivity index (χ0) is 21.8. The van der Waals surface area contributed by atoms with Gasteiger partial charge in [0.2, 0.25) is 0 Å². The van der Waals surface area contributed by atoms with E-state index in [1.807, 2.05) is 6.07 Å². The average Bonchev–Trinajstić information content (AvgIpc) is 2.74. The van der Waals surface area contributed by atoms with Crippen LogP contribution in [0.3, 0.4) is 0 Å². The Morgan fingerprint density at radius 3 is 2.33 bits per heavy atom. The van der Waals surface area contributed by atoms with Crippen molar-refractivity contribution in [1.29, 1.82) is 0 Å². The second kappa shape index (κ2) is 8.90. The minimum Gasteiger partial charge on any atom is -0.468 e. The highest BCUT2D eigenvalue weighted by Gasteiger charge is 2.42. The lowest BCUT2D eigenvalue weighted by atomic mass is 9.75. The fourth-order valence-corrected chi connectivity index (χ4v) is 3.61. The molecule has 0 amide bonds. The van der Waals surface area contributed by atoms with E-state index in [9.17, 15) is 14.0 Å². The maximum atomic E-state index is 14.5. The van der Waals surface area contributed by atoms with Crippen LogP contribution in [-0.2, 0) is 19.1 Å². The van der Waals surface area contributed by atoms with Crippen molar-refractivity contribution >= 4 is 17.7 Å². The first-order valence-corrected chi connectivity index (χ1v) is 9.31. The van der Waals surface area contributed by atoms with E-state index in [-0.39, 0.29) is 11.3 Å². The molecule has 0 aliphatic carbocycles. The Labute approximate surface area is 174 Å². The summed E-state index contributed by atoms with van der Waals surface area (Å²) >= 11 is 0. The topological polar surface area (TPSA) is 74.2 Å². The first kappa shape index (κ1) is 21.2. The Kier molecular flexibility index (Phi) is 6.30. The van der Waals surface area contributed by atoms with Crippen LogP contribution in [0.4, 0.5) is 4.39 Å². The van der Waals surface area contributed by atoms with Crippen molar-refractivity contribution in [2.45, 2.75) is 19.8 Å². The summed E-state index contributed by atoms with van der Waals surface area (Å²) in [4.78, 5) is 29.5. The highest BCUT2D eigenvalue weighted by atomic mass is 19.1. The number of allylic oxidation sites excluding steroid dienone is 1. The number of aliphatic imine (C=N–C) groups is 1. The molecule has 6 nitrogen and oxygen atoms in total. The summed E-state index contributed by atoms with van der Waals surface area (Å²) in [5, 5.41) is 0. The van der Waals surface area contributed by atoms with Crippen LogP contribution in [0, 0.1) is 11.7 Å². The molecule has 1 aliphatic rings. The molecule has 156 valence electrons. The maximum absolute atomic E-state index is 14.5. The normalized spacial score (nSPS) is 18.5. The van der Waals surface area contributed by atoms with E-state index in [4.69, 9.17) is 14.2 Å². The van der Waals surface area contributed by atoms with Crippen molar-refractivity contribution in [1.82, 2.24) is 0 Å². The molecule has 1 aliphatic heterocycles. The number of methoxy groups -OCH3 is 2. The molecule has 2 atom stereocenters. The van der Waals surface area contributed by atoms with Gasteiger partial charge in [0.15, 0.2) is 11.6 Å². The van der Waals surface area contributed by atoms with Crippen LogP contribution < -0.4 is 4.74 Å². The van der Waals surface area contributed by atoms with E-state index in [1.165, 1.54) is 32.4 Å². The zero-order valence-corrected chi connectivity index (χ0v) is 17.1. The van der Waals surface area contributed by atoms with Gasteiger partial charge in [-0.2, -0.15) is 0 Å². The summed E-state index contributed by atoms with van der Waals surface area (Å²) in [6, 6.07) is 13.0. The highest BCUT2D eigenvalue weighted by molar-refractivity contribution is 6.06. The predicted octanol–water partition coefficient (Wildman–Crippen LogP) is 4.41. The predicted molar refractivity (Wildman–Crippen MR) is 109 cm³/mol. The van der Waals surface area contributed by atoms with Gasteiger partial charge >= 0.3 is 11.9 Å². The van der Waals surface area contributed by atoms with Crippen molar-refractivity contribution < 1.29 is 28.2 Å². The molecule has 2 aromatic carbocycles. The van der Waals surface area contributed by atoms with Gasteiger partial charge in [0, 0.05) is 17.3 Å². The highest BCUT2D eigenvalue weighted by Crippen LogP contribution is 2.41. The second-order valence-electron chi connectivity index (χ2n) is 6.83. The SMILES string of the molecule is COC(=O)C1=C(C)N=C(C)C(C(=O)OC)[C@@H]1c1ccc(F)c(Oc2ccccc2)c1. The number of carbonyl (C=O) groups excluding carboxylic acids is 2. The van der Waals surface area contributed by atoms with Gasteiger partial charge in [-0.1, -0.05) is 24.3 Å². The Hall–Kier alpha value is -3.48. The quantitative estimate of drug-likeness (QED) is 0.682. The first-order chi connectivity index (χ1) is 14.4. The Morgan fingerprint density at radius 2 is 1.70 bits per heavy atom. The lowest BCUT2D eigenvalue weighted by Crippen LogP contribution is -2.36. The molecule has 0 bridgehead atoms. The number of rotatable bonds is 5. The third kappa shape index (κ3) is 4.10. The van der Waals surface area contributed by atoms with E-state index in [1.54, 1.807) is 38.1 Å². The van der Waals surface area contributed by atoms with Crippen LogP contribution in [0.15, 0.2) is 64.8 Å². The van der Waals surface area contributed by atoms with Gasteiger partial charge in [0.25, 0.3) is 0 Å². The number of hydrogen-bond donors (Lipinski definition) is 0. The second-order valence-corrected chi connectivity index (χ2v) is 6.83. The summed E-state index contributed by atoms with van der Waals surface area (Å²) in [7, 11) is 2.52. The van der Waals surface area contributed by atoms with E-state index >= 15 is 0 Å². The number of nitrogens with zero attached hydrogens (tertiary/aromatic N) is 1. The summed E-state index contributed by atoms with van der Waals surface area (Å²) in [5.74, 6) is -2.92. The molecule has 2 aromatic rings. The van der Waals surface area contributed by atoms with Crippen molar-refractivity contribution in [3.8, 4) is 11.5 Å². The largest absolute Gasteiger partial charge is 0.468 e. The van der Waals surface area contributed by atoms with Gasteiger partial charge in [0.05, 0.1) is 19.8 Å². The molecule has 0 saturated carbocycles. The maximum Gasteiger partial charge on any atom is 0.336 e. The zero-order valence-electron chi connectivity index (χ0n) is 17.1. The van der Waals surface area contributed by atoms with Crippen molar-refractivity contribution in [3.05, 3.63) is 71.2 Å². The number of benzene rings is 2. The van der Waals surface area contributed by atoms with Gasteiger partial charge in [-0.15, -0.1) is 0 Å². The summed E-state index contributed by atoms with van der Waals surface area (Å²) < 4.78 is 30.1. The Balaban J connectivity index is 2.13. The molecule has 0 spiro atoms. The molecule has 0 N–H and O–H groups in total. The number of hydrogen-bond acceptors (Lipinski definition) is 6. The lowest BCUT2D eigenvalue weighted by molar-refractivity contribution is -0.143. The Bertz CT molecular complexity index is 1030. The fourth-order valence-electron chi connectivity index (χ4n) is 3.61. The lowest BCUT2D eigenvalue weighted by Gasteiger charge is -2.31. The van der Waals surface area contributed by atoms with Crippen LogP contribution in [-0.4, -0.2) is 31.9 Å². The molecule has 3 rings (SSSR count). The number of halogens is 1. The minimum absolute atomic E-state index is 0.0237. The van der Waals surface area contributed by atoms with Crippen LogP contribution >= 0.6 is 0 Å². The molecule has 1 unspecified atom stereocenters. The first-order valence-electron chi connectivity index (χ1n) is 9.31. The van der Waals surface area contributed by atoms with E-state index in [2.05, 4.69) is 4.99 Å². The average molecular weight is 411 g/mol. The fraction of sp³-hybridized carbons (Fsp3) is 0.261. The molecular formula is C23H22FNO5. The molecule has 0 saturated heterocycles. The van der Waals surface area contributed by atoms with Gasteiger partial charge < -0.3 is 14.2 Å². The third-order valence-corrected chi connectivity index (χ3v) is 4.97. The van der Waals surface area contributed by atoms with Gasteiger partial charge in [-0.25, -0.2) is 9.18 Å². The number of esters is 2. The van der Waals surface area contributed by atoms with Crippen molar-refractivity contribution in [2.24, 2.45) is 10.9 Å². The third-order valence-electron chi connectivity index (χ3n) is 4.97. The molecular weight excluding hydrogens is 389 g/mol. The van der Waals surface area contributed by atoms with Gasteiger partial charge in [-0.3, -0.25) is 9.79 Å². The molecule has 1 heterocycles. The van der Waals surface area contributed by atoms with Crippen LogP contribution in [0.2, 0.25) is 0 Å². The summed E-state index contributed by atoms with van der Waals surface area (Å²) in [6.07, 6.45) is 0. The van der Waals surface area contributed by atoms with Crippen molar-refractivity contribution in [2.75, 3.05) is 14.2 Å². The number of ether oxygens (including phenoxy) is 3. The van der Waals surface area contributed by atoms with Crippen LogP contribution in [0.1, 0.15) is 25.3 Å². The molecule has 0 fully saturated rings. The summed E-state index contributed by atoms with van der Waals surface area (Å²) in [5.41, 5.74) is 1.65. The standard InChI is InChI=1S/C23H22FNO5/c1-13-19(22(26)28-3)21(20(14(2)25-13)23(27)29-4)15-10-11-17(24)18(12-15)30-16-8-6-5-7-9-16/h5-12,19,21H,1-4H3/t19?,21-/m0/s1. The van der Waals surface area contributed by atoms with E-state index < -0.39 is 29.6 Å². The van der Waals surface area contributed by atoms with E-state index in [0.29, 0.717) is 22.7 Å². The number of para-hydroxylation sites is 1. The number of carbonyl (C=O) groups is 2. The van der Waals surface area contributed by atoms with Crippen LogP contribution in [0.5, 0.6) is 11.5 Å². The van der Waals surface area contributed by atoms with Gasteiger partial charge in [0.1, 0.15) is 11.7 Å².